The highest BCUT2D eigenvalue weighted by molar-refractivity contribution is 7.80. The van der Waals surface area contributed by atoms with Gasteiger partial charge in [-0.25, -0.2) is 0 Å². The molecule has 0 aromatic rings. The van der Waals surface area contributed by atoms with Crippen molar-refractivity contribution in [2.75, 3.05) is 6.54 Å². The van der Waals surface area contributed by atoms with Crippen LogP contribution in [0.4, 0.5) is 0 Å². The summed E-state index contributed by atoms with van der Waals surface area (Å²) in [5.41, 5.74) is 0. The van der Waals surface area contributed by atoms with Gasteiger partial charge in [0.1, 0.15) is 0 Å². The van der Waals surface area contributed by atoms with Gasteiger partial charge < -0.3 is 15.5 Å². The zero-order valence-electron chi connectivity index (χ0n) is 11.9. The molecule has 0 aromatic heterocycles. The fraction of sp³-hybridized carbons (Fsp3) is 0.857. The van der Waals surface area contributed by atoms with Crippen molar-refractivity contribution in [1.82, 2.24) is 15.5 Å². The molecule has 0 spiro atoms. The van der Waals surface area contributed by atoms with Gasteiger partial charge in [-0.3, -0.25) is 4.79 Å². The summed E-state index contributed by atoms with van der Waals surface area (Å²) >= 11 is 5.55. The molecule has 19 heavy (non-hydrogen) atoms. The van der Waals surface area contributed by atoms with Gasteiger partial charge in [-0.2, -0.15) is 0 Å². The monoisotopic (exact) mass is 283 g/mol. The molecular weight excluding hydrogens is 258 g/mol. The molecule has 2 heterocycles. The minimum Gasteiger partial charge on any atom is -0.363 e. The number of rotatable bonds is 3. The molecule has 2 saturated heterocycles. The van der Waals surface area contributed by atoms with Gasteiger partial charge in [-0.05, 0) is 50.7 Å². The van der Waals surface area contributed by atoms with Crippen molar-refractivity contribution < 1.29 is 4.79 Å². The number of amides is 1. The largest absolute Gasteiger partial charge is 0.363 e. The molecule has 2 bridgehead atoms. The van der Waals surface area contributed by atoms with Crippen LogP contribution in [0.1, 0.15) is 52.4 Å². The first-order valence-corrected chi connectivity index (χ1v) is 7.86. The fourth-order valence-corrected chi connectivity index (χ4v) is 3.84. The smallest absolute Gasteiger partial charge is 0.217 e. The van der Waals surface area contributed by atoms with Crippen LogP contribution in [-0.4, -0.2) is 40.6 Å². The lowest BCUT2D eigenvalue weighted by atomic mass is 9.82. The highest BCUT2D eigenvalue weighted by Crippen LogP contribution is 2.34. The summed E-state index contributed by atoms with van der Waals surface area (Å²) in [6.07, 6.45) is 6.84. The first-order chi connectivity index (χ1) is 9.11. The standard InChI is InChI=1S/C14H25N3OS/c1-3-7-15-14(19)17-12-5-4-6-13(17)9-11(8-12)16-10(2)18/h11-13H,3-9H2,1-2H3,(H,15,19)(H,16,18)/t12-,13-/m1/s1. The average Bonchev–Trinajstić information content (AvgIpc) is 2.34. The summed E-state index contributed by atoms with van der Waals surface area (Å²) in [5.74, 6) is 0.0863. The number of hydrogen-bond donors (Lipinski definition) is 2. The maximum Gasteiger partial charge on any atom is 0.217 e. The maximum absolute atomic E-state index is 11.2. The Morgan fingerprint density at radius 1 is 1.32 bits per heavy atom. The maximum atomic E-state index is 11.2. The molecule has 2 rings (SSSR count). The van der Waals surface area contributed by atoms with Crippen LogP contribution >= 0.6 is 12.2 Å². The van der Waals surface area contributed by atoms with Crippen molar-refractivity contribution >= 4 is 23.2 Å². The Hall–Kier alpha value is -0.840. The van der Waals surface area contributed by atoms with E-state index in [1.165, 1.54) is 19.3 Å². The van der Waals surface area contributed by atoms with Crippen LogP contribution in [-0.2, 0) is 4.79 Å². The Morgan fingerprint density at radius 2 is 1.95 bits per heavy atom. The Bertz CT molecular complexity index is 334. The number of carbonyl (C=O) groups excluding carboxylic acids is 1. The molecule has 0 radical (unpaired) electrons. The lowest BCUT2D eigenvalue weighted by molar-refractivity contribution is -0.120. The summed E-state index contributed by atoms with van der Waals surface area (Å²) in [6.45, 7) is 4.71. The van der Waals surface area contributed by atoms with Gasteiger partial charge in [0.05, 0.1) is 0 Å². The average molecular weight is 283 g/mol. The summed E-state index contributed by atoms with van der Waals surface area (Å²) in [4.78, 5) is 13.6. The number of thiocarbonyl (C=S) groups is 1. The molecule has 0 aliphatic carbocycles. The van der Waals surface area contributed by atoms with Crippen LogP contribution in [0.5, 0.6) is 0 Å². The number of nitrogens with one attached hydrogen (secondary N) is 2. The van der Waals surface area contributed by atoms with Crippen LogP contribution in [0.15, 0.2) is 0 Å². The first kappa shape index (κ1) is 14.6. The zero-order valence-corrected chi connectivity index (χ0v) is 12.8. The minimum atomic E-state index is 0.0863. The molecule has 2 atom stereocenters. The van der Waals surface area contributed by atoms with E-state index in [9.17, 15) is 4.79 Å². The zero-order chi connectivity index (χ0) is 13.8. The van der Waals surface area contributed by atoms with E-state index < -0.39 is 0 Å². The SMILES string of the molecule is CCCNC(=S)N1[C@@H]2CCC[C@@H]1CC(NC(C)=O)C2. The van der Waals surface area contributed by atoms with Crippen molar-refractivity contribution in [1.29, 1.82) is 0 Å². The first-order valence-electron chi connectivity index (χ1n) is 7.45. The molecule has 0 aromatic carbocycles. The molecule has 0 saturated carbocycles. The predicted molar refractivity (Wildman–Crippen MR) is 81.0 cm³/mol. The Labute approximate surface area is 121 Å². The molecule has 2 aliphatic rings. The third-order valence-corrected chi connectivity index (χ3v) is 4.50. The second-order valence-corrected chi connectivity index (χ2v) is 6.13. The van der Waals surface area contributed by atoms with Crippen molar-refractivity contribution in [3.05, 3.63) is 0 Å². The normalized spacial score (nSPS) is 29.8. The second-order valence-electron chi connectivity index (χ2n) is 5.75. The molecule has 1 amide bonds. The number of fused-ring (bicyclic) bond motifs is 2. The van der Waals surface area contributed by atoms with E-state index in [-0.39, 0.29) is 5.91 Å². The minimum absolute atomic E-state index is 0.0863. The van der Waals surface area contributed by atoms with Crippen LogP contribution in [0.25, 0.3) is 0 Å². The number of piperidine rings is 2. The Morgan fingerprint density at radius 3 is 2.47 bits per heavy atom. The quantitative estimate of drug-likeness (QED) is 0.775. The molecule has 2 N–H and O–H groups in total. The van der Waals surface area contributed by atoms with Crippen LogP contribution < -0.4 is 10.6 Å². The molecule has 2 fully saturated rings. The van der Waals surface area contributed by atoms with Gasteiger partial charge in [0.15, 0.2) is 5.11 Å². The van der Waals surface area contributed by atoms with Crippen LogP contribution in [0.3, 0.4) is 0 Å². The predicted octanol–water partition coefficient (Wildman–Crippen LogP) is 1.79. The summed E-state index contributed by atoms with van der Waals surface area (Å²) in [7, 11) is 0. The number of nitrogens with zero attached hydrogens (tertiary/aromatic N) is 1. The topological polar surface area (TPSA) is 44.4 Å². The van der Waals surface area contributed by atoms with E-state index in [2.05, 4.69) is 22.5 Å². The van der Waals surface area contributed by atoms with E-state index in [4.69, 9.17) is 12.2 Å². The van der Waals surface area contributed by atoms with Gasteiger partial charge in [0.25, 0.3) is 0 Å². The Kier molecular flexibility index (Phi) is 5.02. The van der Waals surface area contributed by atoms with E-state index in [1.54, 1.807) is 6.92 Å². The van der Waals surface area contributed by atoms with Gasteiger partial charge in [-0.1, -0.05) is 6.92 Å². The van der Waals surface area contributed by atoms with E-state index in [1.807, 2.05) is 0 Å². The molecule has 2 aliphatic heterocycles. The summed E-state index contributed by atoms with van der Waals surface area (Å²) < 4.78 is 0. The summed E-state index contributed by atoms with van der Waals surface area (Å²) in [6, 6.07) is 1.33. The van der Waals surface area contributed by atoms with Crippen LogP contribution in [0, 0.1) is 0 Å². The van der Waals surface area contributed by atoms with Gasteiger partial charge >= 0.3 is 0 Å². The van der Waals surface area contributed by atoms with Crippen LogP contribution in [0.2, 0.25) is 0 Å². The molecule has 4 nitrogen and oxygen atoms in total. The van der Waals surface area contributed by atoms with Crippen molar-refractivity contribution in [2.24, 2.45) is 0 Å². The van der Waals surface area contributed by atoms with Gasteiger partial charge in [0, 0.05) is 31.6 Å². The lowest BCUT2D eigenvalue weighted by Crippen LogP contribution is -2.60. The fourth-order valence-electron chi connectivity index (χ4n) is 3.44. The van der Waals surface area contributed by atoms with Gasteiger partial charge in [-0.15, -0.1) is 0 Å². The highest BCUT2D eigenvalue weighted by atomic mass is 32.1. The van der Waals surface area contributed by atoms with E-state index in [0.29, 0.717) is 18.1 Å². The molecule has 108 valence electrons. The van der Waals surface area contributed by atoms with Gasteiger partial charge in [0.2, 0.25) is 5.91 Å². The van der Waals surface area contributed by atoms with E-state index >= 15 is 0 Å². The van der Waals surface area contributed by atoms with Crippen molar-refractivity contribution in [2.45, 2.75) is 70.5 Å². The van der Waals surface area contributed by atoms with Crippen molar-refractivity contribution in [3.8, 4) is 0 Å². The Balaban J connectivity index is 1.99. The molecule has 0 unspecified atom stereocenters. The van der Waals surface area contributed by atoms with Crippen molar-refractivity contribution in [3.63, 3.8) is 0 Å². The third kappa shape index (κ3) is 3.59. The number of hydrogen-bond acceptors (Lipinski definition) is 2. The third-order valence-electron chi connectivity index (χ3n) is 4.14. The lowest BCUT2D eigenvalue weighted by Gasteiger charge is -2.50. The van der Waals surface area contributed by atoms with E-state index in [0.717, 1.165) is 30.9 Å². The number of carbonyl (C=O) groups is 1. The summed E-state index contributed by atoms with van der Waals surface area (Å²) in [5, 5.41) is 7.35. The highest BCUT2D eigenvalue weighted by Gasteiger charge is 2.39. The molecular formula is C14H25N3OS. The second kappa shape index (κ2) is 6.55. The molecule has 5 heteroatoms.